The third kappa shape index (κ3) is 2.88. The SMILES string of the molecule is CSc1nn2c(=O)c(Cl)c(C=Cc3ccccc3)nc2s1. The second kappa shape index (κ2) is 6.01. The first-order valence-corrected chi connectivity index (χ1v) is 8.47. The van der Waals surface area contributed by atoms with E-state index < -0.39 is 0 Å². The Morgan fingerprint density at radius 2 is 2.05 bits per heavy atom. The number of benzene rings is 1. The minimum atomic E-state index is -0.342. The minimum absolute atomic E-state index is 0.0811. The molecule has 21 heavy (non-hydrogen) atoms. The standard InChI is InChI=1S/C14H10ClN3OS2/c1-20-14-17-18-12(19)11(15)10(16-13(18)21-14)8-7-9-5-3-2-4-6-9/h2-8H,1H3. The summed E-state index contributed by atoms with van der Waals surface area (Å²) in [5.41, 5.74) is 1.14. The van der Waals surface area contributed by atoms with Gasteiger partial charge in [-0.3, -0.25) is 4.79 Å². The number of fused-ring (bicyclic) bond motifs is 1. The zero-order chi connectivity index (χ0) is 14.8. The van der Waals surface area contributed by atoms with Gasteiger partial charge in [0, 0.05) is 0 Å². The highest BCUT2D eigenvalue weighted by Crippen LogP contribution is 2.22. The van der Waals surface area contributed by atoms with E-state index in [1.54, 1.807) is 6.08 Å². The van der Waals surface area contributed by atoms with Gasteiger partial charge in [-0.15, -0.1) is 5.10 Å². The summed E-state index contributed by atoms with van der Waals surface area (Å²) in [5.74, 6) is 0. The van der Waals surface area contributed by atoms with Gasteiger partial charge in [0.2, 0.25) is 4.96 Å². The molecule has 0 aliphatic carbocycles. The Morgan fingerprint density at radius 1 is 1.29 bits per heavy atom. The molecule has 0 amide bonds. The molecule has 0 saturated heterocycles. The summed E-state index contributed by atoms with van der Waals surface area (Å²) in [5, 5.41) is 4.25. The molecular weight excluding hydrogens is 326 g/mol. The summed E-state index contributed by atoms with van der Waals surface area (Å²) in [6.07, 6.45) is 5.53. The van der Waals surface area contributed by atoms with Crippen molar-refractivity contribution in [2.45, 2.75) is 4.34 Å². The Labute approximate surface area is 134 Å². The fraction of sp³-hybridized carbons (Fsp3) is 0.0714. The van der Waals surface area contributed by atoms with Crippen LogP contribution in [-0.4, -0.2) is 20.9 Å². The summed E-state index contributed by atoms with van der Waals surface area (Å²) in [7, 11) is 0. The first-order chi connectivity index (χ1) is 10.2. The lowest BCUT2D eigenvalue weighted by atomic mass is 10.2. The molecule has 2 aromatic heterocycles. The number of nitrogens with zero attached hydrogens (tertiary/aromatic N) is 3. The summed E-state index contributed by atoms with van der Waals surface area (Å²) < 4.78 is 2.03. The van der Waals surface area contributed by atoms with Crippen LogP contribution >= 0.6 is 34.7 Å². The molecule has 0 aliphatic heterocycles. The smallest absolute Gasteiger partial charge is 0.266 e. The van der Waals surface area contributed by atoms with Crippen LogP contribution < -0.4 is 5.56 Å². The molecule has 0 N–H and O–H groups in total. The summed E-state index contributed by atoms with van der Waals surface area (Å²) in [6.45, 7) is 0. The van der Waals surface area contributed by atoms with Crippen molar-refractivity contribution < 1.29 is 0 Å². The lowest BCUT2D eigenvalue weighted by Gasteiger charge is -1.97. The lowest BCUT2D eigenvalue weighted by molar-refractivity contribution is 0.856. The van der Waals surface area contributed by atoms with E-state index in [1.807, 2.05) is 42.7 Å². The highest BCUT2D eigenvalue weighted by molar-refractivity contribution is 8.00. The number of aromatic nitrogens is 3. The largest absolute Gasteiger partial charge is 0.294 e. The number of halogens is 1. The number of thioether (sulfide) groups is 1. The van der Waals surface area contributed by atoms with E-state index in [1.165, 1.54) is 27.6 Å². The molecular formula is C14H10ClN3OS2. The topological polar surface area (TPSA) is 47.3 Å². The van der Waals surface area contributed by atoms with Crippen LogP contribution in [0.15, 0.2) is 39.5 Å². The van der Waals surface area contributed by atoms with E-state index in [9.17, 15) is 4.79 Å². The van der Waals surface area contributed by atoms with Gasteiger partial charge >= 0.3 is 0 Å². The monoisotopic (exact) mass is 335 g/mol. The molecule has 0 radical (unpaired) electrons. The fourth-order valence-electron chi connectivity index (χ4n) is 1.76. The van der Waals surface area contributed by atoms with Crippen LogP contribution in [0.1, 0.15) is 11.3 Å². The first kappa shape index (κ1) is 14.3. The number of hydrogen-bond donors (Lipinski definition) is 0. The van der Waals surface area contributed by atoms with Gasteiger partial charge in [0.05, 0.1) is 5.69 Å². The minimum Gasteiger partial charge on any atom is -0.266 e. The average Bonchev–Trinajstić information content (AvgIpc) is 2.94. The fourth-order valence-corrected chi connectivity index (χ4v) is 3.29. The predicted octanol–water partition coefficient (Wildman–Crippen LogP) is 3.70. The highest BCUT2D eigenvalue weighted by Gasteiger charge is 2.12. The van der Waals surface area contributed by atoms with E-state index in [-0.39, 0.29) is 10.6 Å². The average molecular weight is 336 g/mol. The Bertz CT molecular complexity index is 871. The molecule has 3 aromatic rings. The van der Waals surface area contributed by atoms with E-state index >= 15 is 0 Å². The van der Waals surface area contributed by atoms with Crippen molar-refractivity contribution in [2.24, 2.45) is 0 Å². The maximum atomic E-state index is 12.2. The maximum Gasteiger partial charge on any atom is 0.294 e. The van der Waals surface area contributed by atoms with Crippen LogP contribution in [0.4, 0.5) is 0 Å². The quantitative estimate of drug-likeness (QED) is 0.685. The van der Waals surface area contributed by atoms with Gasteiger partial charge in [-0.25, -0.2) is 4.98 Å². The summed E-state index contributed by atoms with van der Waals surface area (Å²) in [4.78, 5) is 17.1. The molecule has 3 rings (SSSR count). The molecule has 0 fully saturated rings. The third-order valence-electron chi connectivity index (χ3n) is 2.77. The second-order valence-electron chi connectivity index (χ2n) is 4.13. The molecule has 0 bridgehead atoms. The normalized spacial score (nSPS) is 11.5. The van der Waals surface area contributed by atoms with Gasteiger partial charge < -0.3 is 0 Å². The zero-order valence-corrected chi connectivity index (χ0v) is 13.4. The van der Waals surface area contributed by atoms with Gasteiger partial charge in [0.1, 0.15) is 5.02 Å². The van der Waals surface area contributed by atoms with Crippen LogP contribution in [0.25, 0.3) is 17.1 Å². The molecule has 4 nitrogen and oxygen atoms in total. The van der Waals surface area contributed by atoms with Crippen molar-refractivity contribution in [1.29, 1.82) is 0 Å². The lowest BCUT2D eigenvalue weighted by Crippen LogP contribution is -2.16. The van der Waals surface area contributed by atoms with Crippen molar-refractivity contribution in [2.75, 3.05) is 6.26 Å². The Morgan fingerprint density at radius 3 is 2.76 bits per heavy atom. The number of hydrogen-bond acceptors (Lipinski definition) is 5. The molecule has 7 heteroatoms. The van der Waals surface area contributed by atoms with Crippen LogP contribution in [0, 0.1) is 0 Å². The van der Waals surface area contributed by atoms with Gasteiger partial charge in [-0.05, 0) is 17.9 Å². The molecule has 2 heterocycles. The Balaban J connectivity index is 2.08. The maximum absolute atomic E-state index is 12.2. The van der Waals surface area contributed by atoms with Gasteiger partial charge in [0.25, 0.3) is 5.56 Å². The predicted molar refractivity (Wildman–Crippen MR) is 89.3 cm³/mol. The summed E-state index contributed by atoms with van der Waals surface area (Å²) >= 11 is 8.94. The Hall–Kier alpha value is -1.63. The van der Waals surface area contributed by atoms with Crippen molar-refractivity contribution in [3.8, 4) is 0 Å². The van der Waals surface area contributed by atoms with E-state index in [0.717, 1.165) is 9.90 Å². The number of rotatable bonds is 3. The molecule has 1 aromatic carbocycles. The van der Waals surface area contributed by atoms with Gasteiger partial charge in [-0.1, -0.05) is 71.1 Å². The van der Waals surface area contributed by atoms with E-state index in [2.05, 4.69) is 10.1 Å². The van der Waals surface area contributed by atoms with Gasteiger partial charge in [-0.2, -0.15) is 4.52 Å². The van der Waals surface area contributed by atoms with Crippen LogP contribution in [0.5, 0.6) is 0 Å². The van der Waals surface area contributed by atoms with Crippen LogP contribution in [-0.2, 0) is 0 Å². The Kier molecular flexibility index (Phi) is 4.10. The van der Waals surface area contributed by atoms with Crippen molar-refractivity contribution in [3.63, 3.8) is 0 Å². The molecule has 0 saturated carbocycles. The van der Waals surface area contributed by atoms with E-state index in [4.69, 9.17) is 11.6 Å². The second-order valence-corrected chi connectivity index (χ2v) is 6.51. The van der Waals surface area contributed by atoms with Crippen molar-refractivity contribution in [3.05, 3.63) is 57.0 Å². The van der Waals surface area contributed by atoms with Crippen LogP contribution in [0.3, 0.4) is 0 Å². The molecule has 0 atom stereocenters. The van der Waals surface area contributed by atoms with E-state index in [0.29, 0.717) is 10.7 Å². The van der Waals surface area contributed by atoms with Crippen LogP contribution in [0.2, 0.25) is 5.02 Å². The first-order valence-electron chi connectivity index (χ1n) is 6.05. The van der Waals surface area contributed by atoms with Crippen molar-refractivity contribution in [1.82, 2.24) is 14.6 Å². The summed E-state index contributed by atoms with van der Waals surface area (Å²) in [6, 6.07) is 9.77. The van der Waals surface area contributed by atoms with Crippen molar-refractivity contribution >= 4 is 51.8 Å². The zero-order valence-electron chi connectivity index (χ0n) is 11.0. The molecule has 0 unspecified atom stereocenters. The highest BCUT2D eigenvalue weighted by atomic mass is 35.5. The third-order valence-corrected chi connectivity index (χ3v) is 5.01. The molecule has 0 aliphatic rings. The molecule has 106 valence electrons. The molecule has 0 spiro atoms. The van der Waals surface area contributed by atoms with Gasteiger partial charge in [0.15, 0.2) is 4.34 Å².